The van der Waals surface area contributed by atoms with Crippen molar-refractivity contribution in [2.45, 2.75) is 25.4 Å². The number of nitrogen functional groups attached to an aromatic ring is 1. The summed E-state index contributed by atoms with van der Waals surface area (Å²) in [5, 5.41) is 0.815. The van der Waals surface area contributed by atoms with Gasteiger partial charge in [0, 0.05) is 44.2 Å². The maximum atomic E-state index is 6.71. The molecule has 212 valence electrons. The minimum atomic E-state index is -0.0393. The van der Waals surface area contributed by atoms with Crippen LogP contribution in [-0.4, -0.2) is 73.8 Å². The Morgan fingerprint density at radius 2 is 1.74 bits per heavy atom. The minimum absolute atomic E-state index is 0. The molecular formula is C28H37Cl3N6O2. The molecular weight excluding hydrogens is 559 g/mol. The smallest absolute Gasteiger partial charge is 0.227 e. The van der Waals surface area contributed by atoms with Crippen molar-refractivity contribution in [3.05, 3.63) is 47.5 Å². The van der Waals surface area contributed by atoms with Gasteiger partial charge in [-0.3, -0.25) is 4.90 Å². The monoisotopic (exact) mass is 594 g/mol. The molecule has 1 saturated heterocycles. The van der Waals surface area contributed by atoms with Crippen LogP contribution in [0, 0.1) is 11.8 Å². The molecule has 8 nitrogen and oxygen atoms in total. The summed E-state index contributed by atoms with van der Waals surface area (Å²) in [6.45, 7) is 5.22. The van der Waals surface area contributed by atoms with E-state index in [1.807, 2.05) is 12.1 Å². The van der Waals surface area contributed by atoms with Crippen molar-refractivity contribution >= 4 is 59.9 Å². The Labute approximate surface area is 249 Å². The first-order valence-corrected chi connectivity index (χ1v) is 12.5. The van der Waals surface area contributed by atoms with E-state index in [-0.39, 0.29) is 43.3 Å². The van der Waals surface area contributed by atoms with Gasteiger partial charge in [0.2, 0.25) is 5.95 Å². The summed E-state index contributed by atoms with van der Waals surface area (Å²) in [4.78, 5) is 16.7. The molecule has 1 fully saturated rings. The van der Waals surface area contributed by atoms with Gasteiger partial charge in [0.1, 0.15) is 5.82 Å². The molecule has 0 spiro atoms. The van der Waals surface area contributed by atoms with Gasteiger partial charge >= 0.3 is 0 Å². The fourth-order valence-electron chi connectivity index (χ4n) is 5.20. The van der Waals surface area contributed by atoms with Crippen LogP contribution in [-0.2, 0) is 6.54 Å². The average molecular weight is 596 g/mol. The number of ether oxygens (including phenoxy) is 2. The lowest BCUT2D eigenvalue weighted by atomic mass is 9.94. The normalized spacial score (nSPS) is 17.5. The Hall–Kier alpha value is -2.67. The zero-order valence-electron chi connectivity index (χ0n) is 22.6. The first-order valence-electron chi connectivity index (χ1n) is 12.5. The molecule has 2 N–H and O–H groups in total. The molecule has 1 atom stereocenters. The molecule has 11 heteroatoms. The van der Waals surface area contributed by atoms with Gasteiger partial charge in [-0.15, -0.1) is 37.2 Å². The van der Waals surface area contributed by atoms with E-state index in [1.54, 1.807) is 14.2 Å². The third kappa shape index (κ3) is 6.92. The Morgan fingerprint density at radius 1 is 0.974 bits per heavy atom. The van der Waals surface area contributed by atoms with Gasteiger partial charge in [-0.05, 0) is 25.6 Å². The van der Waals surface area contributed by atoms with Crippen molar-refractivity contribution in [3.8, 4) is 23.3 Å². The number of halogens is 3. The van der Waals surface area contributed by atoms with Crippen LogP contribution in [0.2, 0.25) is 0 Å². The SMILES string of the molecule is COc1cc2nc(N3CCCN(C)CC3)nc(N)c2c(C2CC#CCN2Cc2ccccc2)c1OC.Cl.Cl.Cl. The number of likely N-dealkylation sites (N-methyl/N-ethyl adjacent to an activating group) is 1. The summed E-state index contributed by atoms with van der Waals surface area (Å²) >= 11 is 0. The fraction of sp³-hybridized carbons (Fsp3) is 0.429. The summed E-state index contributed by atoms with van der Waals surface area (Å²) in [5.41, 5.74) is 9.65. The number of nitrogens with zero attached hydrogens (tertiary/aromatic N) is 5. The second-order valence-electron chi connectivity index (χ2n) is 9.44. The Balaban J connectivity index is 0.00000178. The van der Waals surface area contributed by atoms with E-state index in [2.05, 4.69) is 57.9 Å². The summed E-state index contributed by atoms with van der Waals surface area (Å²) in [6.07, 6.45) is 1.72. The zero-order valence-corrected chi connectivity index (χ0v) is 25.0. The molecule has 0 bridgehead atoms. The number of benzene rings is 2. The summed E-state index contributed by atoms with van der Waals surface area (Å²) < 4.78 is 11.7. The molecule has 0 saturated carbocycles. The highest BCUT2D eigenvalue weighted by Crippen LogP contribution is 2.46. The van der Waals surface area contributed by atoms with E-state index in [0.29, 0.717) is 36.2 Å². The van der Waals surface area contributed by atoms with Gasteiger partial charge < -0.3 is 25.0 Å². The van der Waals surface area contributed by atoms with E-state index in [9.17, 15) is 0 Å². The van der Waals surface area contributed by atoms with E-state index in [1.165, 1.54) is 5.56 Å². The molecule has 2 aliphatic heterocycles. The number of methoxy groups -OCH3 is 2. The number of rotatable bonds is 6. The van der Waals surface area contributed by atoms with E-state index >= 15 is 0 Å². The summed E-state index contributed by atoms with van der Waals surface area (Å²) in [7, 11) is 5.48. The molecule has 2 aromatic carbocycles. The van der Waals surface area contributed by atoms with Crippen LogP contribution in [0.25, 0.3) is 10.9 Å². The van der Waals surface area contributed by atoms with Gasteiger partial charge in [0.25, 0.3) is 0 Å². The molecule has 39 heavy (non-hydrogen) atoms. The van der Waals surface area contributed by atoms with Crippen LogP contribution in [0.1, 0.15) is 30.0 Å². The third-order valence-electron chi connectivity index (χ3n) is 7.09. The fourth-order valence-corrected chi connectivity index (χ4v) is 5.20. The molecule has 2 aliphatic rings. The molecule has 5 rings (SSSR count). The van der Waals surface area contributed by atoms with Crippen molar-refractivity contribution in [2.75, 3.05) is 64.6 Å². The van der Waals surface area contributed by atoms with Crippen molar-refractivity contribution in [2.24, 2.45) is 0 Å². The van der Waals surface area contributed by atoms with Crippen LogP contribution >= 0.6 is 37.2 Å². The Kier molecular flexibility index (Phi) is 12.2. The summed E-state index contributed by atoms with van der Waals surface area (Å²) in [6, 6.07) is 12.3. The highest BCUT2D eigenvalue weighted by molar-refractivity contribution is 5.96. The number of nitrogens with two attached hydrogens (primary N) is 1. The minimum Gasteiger partial charge on any atom is -0.493 e. The zero-order chi connectivity index (χ0) is 25.1. The van der Waals surface area contributed by atoms with Gasteiger partial charge in [0.05, 0.1) is 37.7 Å². The maximum absolute atomic E-state index is 6.71. The molecule has 1 aromatic heterocycles. The topological polar surface area (TPSA) is 80.0 Å². The van der Waals surface area contributed by atoms with Gasteiger partial charge in [0.15, 0.2) is 11.5 Å². The standard InChI is InChI=1S/C28H34N6O2.3ClH/c1-32-13-9-15-33(17-16-32)28-30-21-18-23(35-2)26(36-3)25(24(21)27(29)31-28)22-12-7-8-14-34(22)19-20-10-5-4-6-11-20;;;/h4-6,10-11,18,22H,9,12-17,19H2,1-3H3,(H2,29,30,31);3*1H. The quantitative estimate of drug-likeness (QED) is 0.415. The van der Waals surface area contributed by atoms with Crippen molar-refractivity contribution < 1.29 is 9.47 Å². The molecule has 1 unspecified atom stereocenters. The first kappa shape index (κ1) is 32.5. The molecule has 0 amide bonds. The van der Waals surface area contributed by atoms with E-state index < -0.39 is 0 Å². The predicted octanol–water partition coefficient (Wildman–Crippen LogP) is 4.59. The maximum Gasteiger partial charge on any atom is 0.227 e. The number of hydrogen-bond acceptors (Lipinski definition) is 8. The van der Waals surface area contributed by atoms with Crippen LogP contribution in [0.4, 0.5) is 11.8 Å². The lowest BCUT2D eigenvalue weighted by Crippen LogP contribution is -2.32. The average Bonchev–Trinajstić information content (AvgIpc) is 3.12. The predicted molar refractivity (Wildman–Crippen MR) is 165 cm³/mol. The lowest BCUT2D eigenvalue weighted by molar-refractivity contribution is 0.206. The van der Waals surface area contributed by atoms with Gasteiger partial charge in [-0.1, -0.05) is 42.2 Å². The van der Waals surface area contributed by atoms with Crippen molar-refractivity contribution in [3.63, 3.8) is 0 Å². The molecule has 0 aliphatic carbocycles. The number of fused-ring (bicyclic) bond motifs is 1. The second-order valence-corrected chi connectivity index (χ2v) is 9.44. The lowest BCUT2D eigenvalue weighted by Gasteiger charge is -2.33. The van der Waals surface area contributed by atoms with Crippen molar-refractivity contribution in [1.29, 1.82) is 0 Å². The Bertz CT molecular complexity index is 1300. The third-order valence-corrected chi connectivity index (χ3v) is 7.09. The number of hydrogen-bond donors (Lipinski definition) is 1. The highest BCUT2D eigenvalue weighted by Gasteiger charge is 2.31. The molecule has 0 radical (unpaired) electrons. The first-order chi connectivity index (χ1) is 17.6. The van der Waals surface area contributed by atoms with Crippen LogP contribution < -0.4 is 20.1 Å². The second kappa shape index (κ2) is 14.6. The highest BCUT2D eigenvalue weighted by atomic mass is 35.5. The molecule has 3 heterocycles. The summed E-state index contributed by atoms with van der Waals surface area (Å²) in [5.74, 6) is 9.01. The largest absolute Gasteiger partial charge is 0.493 e. The Morgan fingerprint density at radius 3 is 2.46 bits per heavy atom. The van der Waals surface area contributed by atoms with Gasteiger partial charge in [-0.25, -0.2) is 4.98 Å². The van der Waals surface area contributed by atoms with Crippen LogP contribution in [0.5, 0.6) is 11.5 Å². The van der Waals surface area contributed by atoms with Crippen LogP contribution in [0.3, 0.4) is 0 Å². The molecule has 3 aromatic rings. The number of aromatic nitrogens is 2. The van der Waals surface area contributed by atoms with E-state index in [0.717, 1.165) is 55.6 Å². The van der Waals surface area contributed by atoms with Crippen LogP contribution in [0.15, 0.2) is 36.4 Å². The van der Waals surface area contributed by atoms with Gasteiger partial charge in [-0.2, -0.15) is 4.98 Å². The van der Waals surface area contributed by atoms with E-state index in [4.69, 9.17) is 25.2 Å². The van der Waals surface area contributed by atoms with Crippen molar-refractivity contribution in [1.82, 2.24) is 19.8 Å². The number of anilines is 2.